The van der Waals surface area contributed by atoms with Gasteiger partial charge in [-0.05, 0) is 53.2 Å². The number of hydrogen-bond acceptors (Lipinski definition) is 2. The molecule has 0 atom stereocenters. The Hall–Kier alpha value is -2.02. The van der Waals surface area contributed by atoms with Gasteiger partial charge in [-0.25, -0.2) is 0 Å². The molecule has 0 aromatic heterocycles. The van der Waals surface area contributed by atoms with Crippen LogP contribution in [0.15, 0.2) is 59.1 Å². The SMILES string of the molecule is N#Cc1ccc(Cl)cc1Nc1ccc2cc(Br)ccc2c1. The number of fused-ring (bicyclic) bond motifs is 1. The Morgan fingerprint density at radius 1 is 0.952 bits per heavy atom. The fraction of sp³-hybridized carbons (Fsp3) is 0. The molecule has 2 nitrogen and oxygen atoms in total. The van der Waals surface area contributed by atoms with E-state index in [1.165, 1.54) is 0 Å². The highest BCUT2D eigenvalue weighted by molar-refractivity contribution is 9.10. The fourth-order valence-corrected chi connectivity index (χ4v) is 2.72. The van der Waals surface area contributed by atoms with Crippen LogP contribution in [0.5, 0.6) is 0 Å². The van der Waals surface area contributed by atoms with Gasteiger partial charge in [0.1, 0.15) is 6.07 Å². The molecule has 0 bridgehead atoms. The average Bonchev–Trinajstić information content (AvgIpc) is 2.48. The number of halogens is 2. The predicted molar refractivity (Wildman–Crippen MR) is 91.1 cm³/mol. The molecule has 0 spiro atoms. The van der Waals surface area contributed by atoms with Gasteiger partial charge in [0.25, 0.3) is 0 Å². The molecule has 0 saturated carbocycles. The number of nitrogens with zero attached hydrogens (tertiary/aromatic N) is 1. The Morgan fingerprint density at radius 2 is 1.71 bits per heavy atom. The third-order valence-electron chi connectivity index (χ3n) is 3.18. The van der Waals surface area contributed by atoms with Crippen molar-refractivity contribution >= 4 is 49.7 Å². The first-order chi connectivity index (χ1) is 10.2. The summed E-state index contributed by atoms with van der Waals surface area (Å²) in [6.45, 7) is 0. The normalized spacial score (nSPS) is 10.3. The number of rotatable bonds is 2. The van der Waals surface area contributed by atoms with E-state index in [2.05, 4.69) is 33.4 Å². The standard InChI is InChI=1S/C17H10BrClN2/c18-14-4-1-12-8-16(6-3-11(12)7-14)21-17-9-15(19)5-2-13(17)10-20/h1-9,21H. The monoisotopic (exact) mass is 356 g/mol. The molecule has 3 aromatic carbocycles. The van der Waals surface area contributed by atoms with Crippen LogP contribution in [0.3, 0.4) is 0 Å². The maximum atomic E-state index is 9.15. The largest absolute Gasteiger partial charge is 0.354 e. The van der Waals surface area contributed by atoms with E-state index < -0.39 is 0 Å². The summed E-state index contributed by atoms with van der Waals surface area (Å²) in [7, 11) is 0. The Labute approximate surface area is 136 Å². The summed E-state index contributed by atoms with van der Waals surface area (Å²) in [5.41, 5.74) is 2.19. The van der Waals surface area contributed by atoms with Crippen molar-refractivity contribution in [3.63, 3.8) is 0 Å². The molecule has 0 unspecified atom stereocenters. The average molecular weight is 358 g/mol. The zero-order chi connectivity index (χ0) is 14.8. The summed E-state index contributed by atoms with van der Waals surface area (Å²) in [6.07, 6.45) is 0. The van der Waals surface area contributed by atoms with Gasteiger partial charge in [-0.2, -0.15) is 5.26 Å². The van der Waals surface area contributed by atoms with Crippen molar-refractivity contribution in [2.75, 3.05) is 5.32 Å². The van der Waals surface area contributed by atoms with Crippen LogP contribution in [-0.2, 0) is 0 Å². The molecule has 21 heavy (non-hydrogen) atoms. The van der Waals surface area contributed by atoms with Gasteiger partial charge in [0.15, 0.2) is 0 Å². The lowest BCUT2D eigenvalue weighted by Gasteiger charge is -2.10. The first-order valence-electron chi connectivity index (χ1n) is 6.32. The molecular weight excluding hydrogens is 348 g/mol. The van der Waals surface area contributed by atoms with Crippen LogP contribution in [0.25, 0.3) is 10.8 Å². The van der Waals surface area contributed by atoms with Crippen molar-refractivity contribution in [1.29, 1.82) is 5.26 Å². The maximum Gasteiger partial charge on any atom is 0.101 e. The smallest absolute Gasteiger partial charge is 0.101 e. The minimum absolute atomic E-state index is 0.565. The van der Waals surface area contributed by atoms with E-state index in [1.807, 2.05) is 30.3 Å². The molecule has 0 aliphatic carbocycles. The van der Waals surface area contributed by atoms with Crippen LogP contribution < -0.4 is 5.32 Å². The van der Waals surface area contributed by atoms with Crippen molar-refractivity contribution in [3.8, 4) is 6.07 Å². The van der Waals surface area contributed by atoms with E-state index in [-0.39, 0.29) is 0 Å². The van der Waals surface area contributed by atoms with E-state index in [0.29, 0.717) is 16.3 Å². The second kappa shape index (κ2) is 5.77. The molecule has 0 fully saturated rings. The molecule has 4 heteroatoms. The van der Waals surface area contributed by atoms with Crippen molar-refractivity contribution in [2.24, 2.45) is 0 Å². The van der Waals surface area contributed by atoms with Crippen LogP contribution in [0.2, 0.25) is 5.02 Å². The van der Waals surface area contributed by atoms with Crippen molar-refractivity contribution in [3.05, 3.63) is 69.7 Å². The Morgan fingerprint density at radius 3 is 2.52 bits per heavy atom. The van der Waals surface area contributed by atoms with Crippen LogP contribution in [0.4, 0.5) is 11.4 Å². The molecule has 3 aromatic rings. The number of nitriles is 1. The highest BCUT2D eigenvalue weighted by Crippen LogP contribution is 2.27. The quantitative estimate of drug-likeness (QED) is 0.622. The lowest BCUT2D eigenvalue weighted by Crippen LogP contribution is -1.93. The summed E-state index contributed by atoms with van der Waals surface area (Å²) < 4.78 is 1.05. The first-order valence-corrected chi connectivity index (χ1v) is 7.49. The lowest BCUT2D eigenvalue weighted by atomic mass is 10.1. The molecular formula is C17H10BrClN2. The van der Waals surface area contributed by atoms with Gasteiger partial charge in [-0.15, -0.1) is 0 Å². The number of anilines is 2. The van der Waals surface area contributed by atoms with Crippen LogP contribution in [-0.4, -0.2) is 0 Å². The summed E-state index contributed by atoms with van der Waals surface area (Å²) in [5.74, 6) is 0. The van der Waals surface area contributed by atoms with Gasteiger partial charge in [0, 0.05) is 15.2 Å². The van der Waals surface area contributed by atoms with Crippen molar-refractivity contribution in [2.45, 2.75) is 0 Å². The van der Waals surface area contributed by atoms with E-state index in [0.717, 1.165) is 20.9 Å². The summed E-state index contributed by atoms with van der Waals surface area (Å²) in [4.78, 5) is 0. The maximum absolute atomic E-state index is 9.15. The van der Waals surface area contributed by atoms with Crippen LogP contribution in [0, 0.1) is 11.3 Å². The molecule has 102 valence electrons. The second-order valence-electron chi connectivity index (χ2n) is 4.63. The first kappa shape index (κ1) is 13.9. The van der Waals surface area contributed by atoms with E-state index in [4.69, 9.17) is 16.9 Å². The third kappa shape index (κ3) is 3.02. The highest BCUT2D eigenvalue weighted by atomic mass is 79.9. The predicted octanol–water partition coefficient (Wildman–Crippen LogP) is 5.87. The fourth-order valence-electron chi connectivity index (χ4n) is 2.17. The number of benzene rings is 3. The van der Waals surface area contributed by atoms with Gasteiger partial charge in [0.2, 0.25) is 0 Å². The van der Waals surface area contributed by atoms with Gasteiger partial charge < -0.3 is 5.32 Å². The molecule has 0 radical (unpaired) electrons. The Balaban J connectivity index is 2.00. The molecule has 3 rings (SSSR count). The Bertz CT molecular complexity index is 868. The van der Waals surface area contributed by atoms with Gasteiger partial charge in [-0.1, -0.05) is 39.7 Å². The van der Waals surface area contributed by atoms with E-state index in [1.54, 1.807) is 18.2 Å². The summed E-state index contributed by atoms with van der Waals surface area (Å²) in [6, 6.07) is 19.5. The van der Waals surface area contributed by atoms with Gasteiger partial charge in [-0.3, -0.25) is 0 Å². The molecule has 0 aliphatic rings. The molecule has 0 amide bonds. The number of hydrogen-bond donors (Lipinski definition) is 1. The van der Waals surface area contributed by atoms with Crippen molar-refractivity contribution < 1.29 is 0 Å². The second-order valence-corrected chi connectivity index (χ2v) is 5.99. The zero-order valence-corrected chi connectivity index (χ0v) is 13.2. The number of nitrogens with one attached hydrogen (secondary N) is 1. The van der Waals surface area contributed by atoms with Crippen LogP contribution in [0.1, 0.15) is 5.56 Å². The van der Waals surface area contributed by atoms with E-state index in [9.17, 15) is 0 Å². The molecule has 1 N–H and O–H groups in total. The zero-order valence-electron chi connectivity index (χ0n) is 10.9. The van der Waals surface area contributed by atoms with Gasteiger partial charge in [0.05, 0.1) is 11.3 Å². The minimum Gasteiger partial charge on any atom is -0.354 e. The third-order valence-corrected chi connectivity index (χ3v) is 3.91. The van der Waals surface area contributed by atoms with Crippen molar-refractivity contribution in [1.82, 2.24) is 0 Å². The lowest BCUT2D eigenvalue weighted by molar-refractivity contribution is 1.46. The van der Waals surface area contributed by atoms with Crippen LogP contribution >= 0.6 is 27.5 Å². The molecule has 0 aliphatic heterocycles. The molecule has 0 saturated heterocycles. The Kier molecular flexibility index (Phi) is 3.83. The van der Waals surface area contributed by atoms with E-state index >= 15 is 0 Å². The minimum atomic E-state index is 0.565. The van der Waals surface area contributed by atoms with Gasteiger partial charge >= 0.3 is 0 Å². The highest BCUT2D eigenvalue weighted by Gasteiger charge is 2.04. The summed E-state index contributed by atoms with van der Waals surface area (Å²) in [5, 5.41) is 15.3. The summed E-state index contributed by atoms with van der Waals surface area (Å²) >= 11 is 9.46. The molecule has 0 heterocycles. The topological polar surface area (TPSA) is 35.8 Å².